The van der Waals surface area contributed by atoms with Crippen molar-refractivity contribution in [3.63, 3.8) is 0 Å². The van der Waals surface area contributed by atoms with Crippen molar-refractivity contribution in [1.82, 2.24) is 0 Å². The fourth-order valence-electron chi connectivity index (χ4n) is 5.52. The Hall–Kier alpha value is -3.96. The first-order chi connectivity index (χ1) is 23.5. The summed E-state index contributed by atoms with van der Waals surface area (Å²) in [6, 6.07) is 17.9. The summed E-state index contributed by atoms with van der Waals surface area (Å²) in [7, 11) is 2.62. The lowest BCUT2D eigenvalue weighted by atomic mass is 9.96. The minimum Gasteiger partial charge on any atom is -0.463 e. The molecule has 0 bridgehead atoms. The lowest BCUT2D eigenvalue weighted by molar-refractivity contribution is -0.359. The second-order valence-corrected chi connectivity index (χ2v) is 11.3. The Morgan fingerprint density at radius 3 is 1.80 bits per heavy atom. The number of rotatable bonds is 14. The van der Waals surface area contributed by atoms with E-state index in [-0.39, 0.29) is 13.2 Å². The Bertz CT molecular complexity index is 1370. The summed E-state index contributed by atoms with van der Waals surface area (Å²) in [5.41, 5.74) is 1.45. The zero-order valence-electron chi connectivity index (χ0n) is 27.8. The average molecular weight is 691 g/mol. The van der Waals surface area contributed by atoms with Gasteiger partial charge in [-0.3, -0.25) is 14.4 Å². The summed E-state index contributed by atoms with van der Waals surface area (Å²) < 4.78 is 57.6. The summed E-state index contributed by atoms with van der Waals surface area (Å²) in [4.78, 5) is 49.8. The van der Waals surface area contributed by atoms with Crippen molar-refractivity contribution in [3.8, 4) is 0 Å². The van der Waals surface area contributed by atoms with Crippen molar-refractivity contribution in [2.45, 2.75) is 95.4 Å². The van der Waals surface area contributed by atoms with E-state index in [1.54, 1.807) is 48.5 Å². The first kappa shape index (κ1) is 37.9. The first-order valence-electron chi connectivity index (χ1n) is 15.6. The third kappa shape index (κ3) is 10.3. The molecule has 2 aliphatic heterocycles. The van der Waals surface area contributed by atoms with Gasteiger partial charge in [-0.2, -0.15) is 0 Å². The molecule has 5 unspecified atom stereocenters. The molecule has 49 heavy (non-hydrogen) atoms. The number of hydrogen-bond donors (Lipinski definition) is 1. The van der Waals surface area contributed by atoms with Gasteiger partial charge in [0.1, 0.15) is 43.7 Å². The molecule has 2 heterocycles. The molecule has 0 amide bonds. The molecule has 1 N–H and O–H groups in total. The van der Waals surface area contributed by atoms with Crippen LogP contribution < -0.4 is 0 Å². The van der Waals surface area contributed by atoms with E-state index >= 15 is 0 Å². The maximum absolute atomic E-state index is 13.3. The summed E-state index contributed by atoms with van der Waals surface area (Å²) in [5.74, 6) is -3.05. The van der Waals surface area contributed by atoms with Gasteiger partial charge in [0.05, 0.1) is 6.61 Å². The number of aliphatic hydroxyl groups excluding tert-OH is 1. The molecule has 15 nitrogen and oxygen atoms in total. The Kier molecular flexibility index (Phi) is 14.0. The van der Waals surface area contributed by atoms with Gasteiger partial charge in [0.2, 0.25) is 6.29 Å². The van der Waals surface area contributed by atoms with Gasteiger partial charge in [0, 0.05) is 35.0 Å². The fraction of sp³-hybridized carbons (Fsp3) is 0.529. The first-order valence-corrected chi connectivity index (χ1v) is 15.6. The number of hydrogen-bond acceptors (Lipinski definition) is 15. The minimum absolute atomic E-state index is 0.0143. The van der Waals surface area contributed by atoms with E-state index < -0.39 is 91.9 Å². The molecule has 2 aliphatic rings. The van der Waals surface area contributed by atoms with Gasteiger partial charge in [0.15, 0.2) is 24.6 Å². The van der Waals surface area contributed by atoms with E-state index in [0.717, 1.165) is 19.4 Å². The van der Waals surface area contributed by atoms with Crippen molar-refractivity contribution in [3.05, 3.63) is 71.8 Å². The molecule has 10 atom stereocenters. The van der Waals surface area contributed by atoms with Gasteiger partial charge >= 0.3 is 23.9 Å². The number of esters is 4. The number of methoxy groups -OCH3 is 2. The minimum atomic E-state index is -1.60. The van der Waals surface area contributed by atoms with Gasteiger partial charge in [-0.05, 0) is 11.1 Å². The van der Waals surface area contributed by atoms with Crippen LogP contribution in [0.25, 0.3) is 0 Å². The number of carbonyl (C=O) groups excluding carboxylic acids is 4. The van der Waals surface area contributed by atoms with Crippen LogP contribution in [-0.2, 0) is 79.8 Å². The summed E-state index contributed by atoms with van der Waals surface area (Å²) in [6.45, 7) is 2.95. The van der Waals surface area contributed by atoms with Crippen molar-refractivity contribution >= 4 is 23.9 Å². The SMILES string of the molecule is COC1[C@H](O)C(C(=O)OCc2ccccc2)O[C@@H](O[C@@H]2C(COC(C)=O)O[C@@H](OC(C)=O)C(OCc3ccccc3)C2OC(C)=O)[C@@H]1OC. The van der Waals surface area contributed by atoms with E-state index in [4.69, 9.17) is 47.4 Å². The molecule has 0 aliphatic carbocycles. The number of ether oxygens (including phenoxy) is 10. The van der Waals surface area contributed by atoms with Crippen LogP contribution in [0.2, 0.25) is 0 Å². The van der Waals surface area contributed by atoms with Gasteiger partial charge in [-0.1, -0.05) is 60.7 Å². The van der Waals surface area contributed by atoms with E-state index in [0.29, 0.717) is 5.56 Å². The molecule has 0 saturated carbocycles. The number of aliphatic hydroxyl groups is 1. The predicted molar refractivity (Wildman–Crippen MR) is 165 cm³/mol. The maximum atomic E-state index is 13.3. The molecule has 0 spiro atoms. The summed E-state index contributed by atoms with van der Waals surface area (Å²) >= 11 is 0. The summed E-state index contributed by atoms with van der Waals surface area (Å²) in [5, 5.41) is 11.1. The van der Waals surface area contributed by atoms with Crippen molar-refractivity contribution in [1.29, 1.82) is 0 Å². The van der Waals surface area contributed by atoms with Crippen LogP contribution in [-0.4, -0.2) is 111 Å². The highest BCUT2D eigenvalue weighted by atomic mass is 16.8. The van der Waals surface area contributed by atoms with Crippen LogP contribution in [0.1, 0.15) is 31.9 Å². The molecule has 0 aromatic heterocycles. The van der Waals surface area contributed by atoms with Crippen LogP contribution in [0, 0.1) is 0 Å². The molecule has 15 heteroatoms. The monoisotopic (exact) mass is 690 g/mol. The standard InChI is InChI=1S/C34H42O15/c1-19(35)42-18-24-26(29(45-20(2)36)31(34(47-24)46-21(3)37)43-16-22-12-8-6-9-13-22)48-33-30(41-5)27(40-4)25(38)28(49-33)32(39)44-17-23-14-10-7-11-15-23/h6-15,24-31,33-34,38H,16-18H2,1-5H3/t24?,25-,26+,27?,28?,29?,30+,31?,33+,34+/m0/s1. The van der Waals surface area contributed by atoms with Crippen LogP contribution >= 0.6 is 0 Å². The second-order valence-electron chi connectivity index (χ2n) is 11.3. The smallest absolute Gasteiger partial charge is 0.338 e. The van der Waals surface area contributed by atoms with Crippen molar-refractivity contribution < 1.29 is 71.7 Å². The fourth-order valence-corrected chi connectivity index (χ4v) is 5.52. The molecule has 2 fully saturated rings. The van der Waals surface area contributed by atoms with Crippen LogP contribution in [0.4, 0.5) is 0 Å². The van der Waals surface area contributed by atoms with Gasteiger partial charge < -0.3 is 52.5 Å². The molecule has 2 aromatic carbocycles. The van der Waals surface area contributed by atoms with E-state index in [1.165, 1.54) is 21.1 Å². The van der Waals surface area contributed by atoms with Crippen molar-refractivity contribution in [2.75, 3.05) is 20.8 Å². The number of carbonyl (C=O) groups is 4. The number of benzene rings is 2. The van der Waals surface area contributed by atoms with Crippen LogP contribution in [0.15, 0.2) is 60.7 Å². The van der Waals surface area contributed by atoms with Crippen LogP contribution in [0.3, 0.4) is 0 Å². The maximum Gasteiger partial charge on any atom is 0.338 e. The molecule has 268 valence electrons. The zero-order valence-corrected chi connectivity index (χ0v) is 27.8. The molecule has 0 radical (unpaired) electrons. The largest absolute Gasteiger partial charge is 0.463 e. The van der Waals surface area contributed by atoms with E-state index in [9.17, 15) is 24.3 Å². The second kappa shape index (κ2) is 18.2. The third-order valence-electron chi connectivity index (χ3n) is 7.72. The van der Waals surface area contributed by atoms with Gasteiger partial charge in [-0.15, -0.1) is 0 Å². The average Bonchev–Trinajstić information content (AvgIpc) is 3.07. The molecule has 4 rings (SSSR count). The summed E-state index contributed by atoms with van der Waals surface area (Å²) in [6.07, 6.45) is -13.6. The quantitative estimate of drug-likeness (QED) is 0.223. The lowest BCUT2D eigenvalue weighted by Gasteiger charge is -2.48. The normalized spacial score (nSPS) is 29.8. The Morgan fingerprint density at radius 2 is 1.24 bits per heavy atom. The van der Waals surface area contributed by atoms with E-state index in [2.05, 4.69) is 0 Å². The van der Waals surface area contributed by atoms with Crippen molar-refractivity contribution in [2.24, 2.45) is 0 Å². The van der Waals surface area contributed by atoms with Gasteiger partial charge in [-0.25, -0.2) is 4.79 Å². The molecule has 2 aromatic rings. The van der Waals surface area contributed by atoms with E-state index in [1.807, 2.05) is 12.1 Å². The lowest BCUT2D eigenvalue weighted by Crippen LogP contribution is -2.66. The highest BCUT2D eigenvalue weighted by Crippen LogP contribution is 2.34. The third-order valence-corrected chi connectivity index (χ3v) is 7.72. The molecule has 2 saturated heterocycles. The Labute approximate surface area is 283 Å². The Morgan fingerprint density at radius 1 is 0.653 bits per heavy atom. The van der Waals surface area contributed by atoms with Crippen LogP contribution in [0.5, 0.6) is 0 Å². The van der Waals surface area contributed by atoms with Gasteiger partial charge in [0.25, 0.3) is 0 Å². The zero-order chi connectivity index (χ0) is 35.5. The highest BCUT2D eigenvalue weighted by molar-refractivity contribution is 5.76. The highest BCUT2D eigenvalue weighted by Gasteiger charge is 2.56. The molecular weight excluding hydrogens is 648 g/mol. The molecular formula is C34H42O15. The topological polar surface area (TPSA) is 181 Å². The predicted octanol–water partition coefficient (Wildman–Crippen LogP) is 1.60. The Balaban J connectivity index is 1.67.